The van der Waals surface area contributed by atoms with Gasteiger partial charge >= 0.3 is 6.09 Å². The van der Waals surface area contributed by atoms with Gasteiger partial charge in [0.05, 0.1) is 11.0 Å². The number of ether oxygens (including phenoxy) is 2. The highest BCUT2D eigenvalue weighted by atomic mass is 32.2. The number of carbonyl (C=O) groups is 1. The van der Waals surface area contributed by atoms with E-state index in [9.17, 15) is 13.2 Å². The van der Waals surface area contributed by atoms with Gasteiger partial charge in [-0.1, -0.05) is 0 Å². The van der Waals surface area contributed by atoms with Gasteiger partial charge in [-0.25, -0.2) is 13.2 Å². The quantitative estimate of drug-likeness (QED) is 0.798. The zero-order chi connectivity index (χ0) is 19.5. The summed E-state index contributed by atoms with van der Waals surface area (Å²) in [4.78, 5) is 13.8. The van der Waals surface area contributed by atoms with Crippen LogP contribution >= 0.6 is 0 Å². The molecular formula is C18H28N2O5S. The van der Waals surface area contributed by atoms with Gasteiger partial charge in [-0.2, -0.15) is 4.31 Å². The summed E-state index contributed by atoms with van der Waals surface area (Å²) in [5.41, 5.74) is -0.569. The molecule has 0 saturated carbocycles. The number of amides is 1. The Morgan fingerprint density at radius 3 is 2.04 bits per heavy atom. The molecule has 1 aromatic rings. The van der Waals surface area contributed by atoms with E-state index in [0.717, 1.165) is 0 Å². The van der Waals surface area contributed by atoms with Crippen molar-refractivity contribution in [3.63, 3.8) is 0 Å². The van der Waals surface area contributed by atoms with Crippen LogP contribution in [0.15, 0.2) is 29.2 Å². The summed E-state index contributed by atoms with van der Waals surface area (Å²) in [7, 11) is -3.59. The lowest BCUT2D eigenvalue weighted by Crippen LogP contribution is -2.51. The second-order valence-corrected chi connectivity index (χ2v) is 9.45. The number of benzene rings is 1. The molecule has 0 aliphatic carbocycles. The van der Waals surface area contributed by atoms with E-state index in [2.05, 4.69) is 0 Å². The summed E-state index contributed by atoms with van der Waals surface area (Å²) in [6.07, 6.45) is -0.386. The molecule has 0 spiro atoms. The minimum atomic E-state index is -3.59. The lowest BCUT2D eigenvalue weighted by molar-refractivity contribution is 0.0192. The average Bonchev–Trinajstić information content (AvgIpc) is 2.53. The van der Waals surface area contributed by atoms with E-state index in [1.807, 2.05) is 13.8 Å². The first-order valence-corrected chi connectivity index (χ1v) is 10.2. The predicted octanol–water partition coefficient (Wildman–Crippen LogP) is 2.72. The van der Waals surface area contributed by atoms with Gasteiger partial charge in [-0.3, -0.25) is 0 Å². The number of piperazine rings is 1. The molecule has 0 unspecified atom stereocenters. The lowest BCUT2D eigenvalue weighted by atomic mass is 10.2. The highest BCUT2D eigenvalue weighted by molar-refractivity contribution is 7.89. The fourth-order valence-electron chi connectivity index (χ4n) is 2.55. The third-order valence-electron chi connectivity index (χ3n) is 3.72. The van der Waals surface area contributed by atoms with Crippen molar-refractivity contribution >= 4 is 16.1 Å². The van der Waals surface area contributed by atoms with Crippen molar-refractivity contribution in [2.24, 2.45) is 0 Å². The largest absolute Gasteiger partial charge is 0.491 e. The molecule has 7 nitrogen and oxygen atoms in total. The Kier molecular flexibility index (Phi) is 6.18. The molecule has 1 saturated heterocycles. The minimum absolute atomic E-state index is 0.0263. The molecule has 0 atom stereocenters. The molecule has 26 heavy (non-hydrogen) atoms. The van der Waals surface area contributed by atoms with E-state index in [-0.39, 0.29) is 24.1 Å². The minimum Gasteiger partial charge on any atom is -0.491 e. The Labute approximate surface area is 155 Å². The third-order valence-corrected chi connectivity index (χ3v) is 5.64. The average molecular weight is 384 g/mol. The van der Waals surface area contributed by atoms with Crippen LogP contribution in [0.2, 0.25) is 0 Å². The van der Waals surface area contributed by atoms with Crippen LogP contribution in [-0.2, 0) is 14.8 Å². The SMILES string of the molecule is CC(C)Oc1ccc(S(=O)(=O)N2CCN(C(=O)OC(C)(C)C)CC2)cc1. The summed E-state index contributed by atoms with van der Waals surface area (Å²) in [6.45, 7) is 10.3. The zero-order valence-electron chi connectivity index (χ0n) is 16.1. The monoisotopic (exact) mass is 384 g/mol. The Morgan fingerprint density at radius 1 is 1.04 bits per heavy atom. The summed E-state index contributed by atoms with van der Waals surface area (Å²) in [5, 5.41) is 0. The van der Waals surface area contributed by atoms with Gasteiger partial charge < -0.3 is 14.4 Å². The molecule has 0 N–H and O–H groups in total. The van der Waals surface area contributed by atoms with Crippen LogP contribution in [0.1, 0.15) is 34.6 Å². The van der Waals surface area contributed by atoms with Crippen molar-refractivity contribution in [2.75, 3.05) is 26.2 Å². The summed E-state index contributed by atoms with van der Waals surface area (Å²) >= 11 is 0. The maximum absolute atomic E-state index is 12.8. The first-order chi connectivity index (χ1) is 12.0. The lowest BCUT2D eigenvalue weighted by Gasteiger charge is -2.35. The van der Waals surface area contributed by atoms with Gasteiger partial charge in [0.1, 0.15) is 11.4 Å². The van der Waals surface area contributed by atoms with Gasteiger partial charge in [0, 0.05) is 26.2 Å². The molecule has 1 heterocycles. The van der Waals surface area contributed by atoms with E-state index in [4.69, 9.17) is 9.47 Å². The Hall–Kier alpha value is -1.80. The van der Waals surface area contributed by atoms with Crippen LogP contribution in [0.4, 0.5) is 4.79 Å². The fourth-order valence-corrected chi connectivity index (χ4v) is 3.97. The van der Waals surface area contributed by atoms with Crippen molar-refractivity contribution in [2.45, 2.75) is 51.2 Å². The van der Waals surface area contributed by atoms with Crippen LogP contribution in [0.5, 0.6) is 5.75 Å². The van der Waals surface area contributed by atoms with Crippen LogP contribution in [0.3, 0.4) is 0 Å². The normalized spacial score (nSPS) is 16.6. The Bertz CT molecular complexity index is 715. The predicted molar refractivity (Wildman–Crippen MR) is 98.8 cm³/mol. The molecule has 0 radical (unpaired) electrons. The molecule has 0 bridgehead atoms. The second kappa shape index (κ2) is 7.84. The van der Waals surface area contributed by atoms with Gasteiger partial charge in [-0.05, 0) is 58.9 Å². The van der Waals surface area contributed by atoms with E-state index in [1.54, 1.807) is 45.0 Å². The second-order valence-electron chi connectivity index (χ2n) is 7.51. The van der Waals surface area contributed by atoms with Gasteiger partial charge in [0.15, 0.2) is 0 Å². The molecular weight excluding hydrogens is 356 g/mol. The van der Waals surface area contributed by atoms with Crippen LogP contribution in [-0.4, -0.2) is 61.6 Å². The number of sulfonamides is 1. The number of hydrogen-bond donors (Lipinski definition) is 0. The van der Waals surface area contributed by atoms with Gasteiger partial charge in [-0.15, -0.1) is 0 Å². The molecule has 1 aliphatic heterocycles. The standard InChI is InChI=1S/C18H28N2O5S/c1-14(2)24-15-6-8-16(9-7-15)26(22,23)20-12-10-19(11-13-20)17(21)25-18(3,4)5/h6-9,14H,10-13H2,1-5H3. The number of rotatable bonds is 4. The van der Waals surface area contributed by atoms with E-state index in [1.165, 1.54) is 9.21 Å². The summed E-state index contributed by atoms with van der Waals surface area (Å²) in [5.74, 6) is 0.633. The highest BCUT2D eigenvalue weighted by Crippen LogP contribution is 2.22. The maximum atomic E-state index is 12.8. The van der Waals surface area contributed by atoms with Crippen molar-refractivity contribution in [3.05, 3.63) is 24.3 Å². The van der Waals surface area contributed by atoms with E-state index < -0.39 is 21.7 Å². The maximum Gasteiger partial charge on any atom is 0.410 e. The molecule has 1 fully saturated rings. The molecule has 1 aliphatic rings. The fraction of sp³-hybridized carbons (Fsp3) is 0.611. The Morgan fingerprint density at radius 2 is 1.58 bits per heavy atom. The van der Waals surface area contributed by atoms with Crippen LogP contribution in [0, 0.1) is 0 Å². The van der Waals surface area contributed by atoms with E-state index >= 15 is 0 Å². The van der Waals surface area contributed by atoms with Crippen LogP contribution < -0.4 is 4.74 Å². The molecule has 1 amide bonds. The van der Waals surface area contributed by atoms with Crippen molar-refractivity contribution in [3.8, 4) is 5.75 Å². The topological polar surface area (TPSA) is 76.2 Å². The van der Waals surface area contributed by atoms with Gasteiger partial charge in [0.25, 0.3) is 0 Å². The number of carbonyl (C=O) groups excluding carboxylic acids is 1. The van der Waals surface area contributed by atoms with Crippen molar-refractivity contribution < 1.29 is 22.7 Å². The van der Waals surface area contributed by atoms with Crippen molar-refractivity contribution in [1.29, 1.82) is 0 Å². The molecule has 2 rings (SSSR count). The molecule has 0 aromatic heterocycles. The van der Waals surface area contributed by atoms with Gasteiger partial charge in [0.2, 0.25) is 10.0 Å². The molecule has 1 aromatic carbocycles. The van der Waals surface area contributed by atoms with E-state index in [0.29, 0.717) is 18.8 Å². The first-order valence-electron chi connectivity index (χ1n) is 8.74. The zero-order valence-corrected chi connectivity index (χ0v) is 16.9. The number of hydrogen-bond acceptors (Lipinski definition) is 5. The first kappa shape index (κ1) is 20.5. The highest BCUT2D eigenvalue weighted by Gasteiger charge is 2.31. The number of nitrogens with zero attached hydrogens (tertiary/aromatic N) is 2. The Balaban J connectivity index is 2.00. The smallest absolute Gasteiger partial charge is 0.410 e. The molecule has 8 heteroatoms. The summed E-state index contributed by atoms with van der Waals surface area (Å²) in [6, 6.07) is 6.41. The van der Waals surface area contributed by atoms with Crippen molar-refractivity contribution in [1.82, 2.24) is 9.21 Å². The third kappa shape index (κ3) is 5.35. The summed E-state index contributed by atoms with van der Waals surface area (Å²) < 4.78 is 37.8. The molecule has 146 valence electrons. The van der Waals surface area contributed by atoms with Crippen LogP contribution in [0.25, 0.3) is 0 Å².